The Hall–Kier alpha value is -2.12. The quantitative estimate of drug-likeness (QED) is 0.406. The number of hydrogen-bond acceptors (Lipinski definition) is 6. The van der Waals surface area contributed by atoms with Crippen molar-refractivity contribution in [3.63, 3.8) is 0 Å². The molecule has 0 spiro atoms. The van der Waals surface area contributed by atoms with Crippen LogP contribution in [-0.4, -0.2) is 104 Å². The number of amides is 3. The van der Waals surface area contributed by atoms with Crippen molar-refractivity contribution in [2.45, 2.75) is 42.7 Å². The minimum Gasteiger partial charge on any atom is -0.480 e. The van der Waals surface area contributed by atoms with Crippen molar-refractivity contribution < 1.29 is 27.9 Å². The first-order chi connectivity index (χ1) is 17.4. The maximum absolute atomic E-state index is 13.2. The molecule has 3 N–H and O–H groups in total. The van der Waals surface area contributed by atoms with Crippen LogP contribution in [0.25, 0.3) is 0 Å². The number of likely N-dealkylation sites (tertiary alicyclic amines) is 1. The average molecular weight is 579 g/mol. The lowest BCUT2D eigenvalue weighted by Gasteiger charge is -2.33. The molecule has 1 aromatic carbocycles. The number of urea groups is 1. The van der Waals surface area contributed by atoms with Crippen molar-refractivity contribution in [2.24, 2.45) is 5.92 Å². The number of rotatable bonds is 9. The predicted octanol–water partition coefficient (Wildman–Crippen LogP) is 1.70. The van der Waals surface area contributed by atoms with Crippen LogP contribution in [0.1, 0.15) is 25.7 Å². The Morgan fingerprint density at radius 2 is 1.70 bits per heavy atom. The fraction of sp³-hybridized carbons (Fsp3) is 0.609. The lowest BCUT2D eigenvalue weighted by molar-refractivity contribution is -0.142. The van der Waals surface area contributed by atoms with Gasteiger partial charge in [-0.05, 0) is 63.9 Å². The topological polar surface area (TPSA) is 139 Å². The highest BCUT2D eigenvalue weighted by molar-refractivity contribution is 7.89. The number of piperidine rings is 1. The summed E-state index contributed by atoms with van der Waals surface area (Å²) in [4.78, 5) is 41.0. The molecular weight excluding hydrogens is 545 g/mol. The van der Waals surface area contributed by atoms with E-state index in [4.69, 9.17) is 23.2 Å². The van der Waals surface area contributed by atoms with E-state index in [2.05, 4.69) is 15.5 Å². The van der Waals surface area contributed by atoms with Gasteiger partial charge in [0, 0.05) is 36.2 Å². The molecule has 0 radical (unpaired) electrons. The molecule has 2 aliphatic heterocycles. The third-order valence-corrected chi connectivity index (χ3v) is 8.87. The molecule has 0 bridgehead atoms. The number of aliphatic carboxylic acids is 1. The molecule has 0 saturated carbocycles. The molecule has 206 valence electrons. The van der Waals surface area contributed by atoms with E-state index in [9.17, 15) is 27.9 Å². The number of carbonyl (C=O) groups is 3. The van der Waals surface area contributed by atoms with Gasteiger partial charge in [0.1, 0.15) is 12.1 Å². The Bertz CT molecular complexity index is 1090. The molecule has 2 saturated heterocycles. The minimum absolute atomic E-state index is 0.0861. The first-order valence-electron chi connectivity index (χ1n) is 12.1. The molecule has 3 rings (SSSR count). The summed E-state index contributed by atoms with van der Waals surface area (Å²) in [6.45, 7) is 1.83. The van der Waals surface area contributed by atoms with E-state index >= 15 is 0 Å². The molecule has 37 heavy (non-hydrogen) atoms. The van der Waals surface area contributed by atoms with E-state index in [1.807, 2.05) is 14.1 Å². The molecule has 0 aromatic heterocycles. The Labute approximate surface area is 227 Å². The van der Waals surface area contributed by atoms with Crippen LogP contribution < -0.4 is 10.6 Å². The Morgan fingerprint density at radius 1 is 1.08 bits per heavy atom. The lowest BCUT2D eigenvalue weighted by Crippen LogP contribution is -2.55. The number of sulfonamides is 1. The van der Waals surface area contributed by atoms with Gasteiger partial charge in [-0.2, -0.15) is 4.31 Å². The third kappa shape index (κ3) is 7.70. The van der Waals surface area contributed by atoms with Gasteiger partial charge in [0.25, 0.3) is 0 Å². The summed E-state index contributed by atoms with van der Waals surface area (Å²) in [5.74, 6) is -1.59. The monoisotopic (exact) mass is 577 g/mol. The second-order valence-electron chi connectivity index (χ2n) is 9.66. The van der Waals surface area contributed by atoms with Crippen LogP contribution in [0.15, 0.2) is 23.1 Å². The standard InChI is InChI=1S/C23H33Cl2N5O6S/c1-28(2)14-15-5-8-29(9-6-15)23(34)26-13-19(22(32)33)27-21(31)20-4-3-7-30(20)37(35,36)18-11-16(24)10-17(25)12-18/h10-12,15,19-20H,3-9,13-14H2,1-2H3,(H,26,34)(H,27,31)(H,32,33)/t19-,20-/m0/s1. The van der Waals surface area contributed by atoms with Gasteiger partial charge < -0.3 is 25.5 Å². The van der Waals surface area contributed by atoms with E-state index in [1.54, 1.807) is 4.90 Å². The molecular formula is C23H33Cl2N5O6S. The van der Waals surface area contributed by atoms with Gasteiger partial charge in [-0.15, -0.1) is 0 Å². The molecule has 2 heterocycles. The maximum Gasteiger partial charge on any atom is 0.328 e. The SMILES string of the molecule is CN(C)CC1CCN(C(=O)NC[C@H](NC(=O)[C@@H]2CCCN2S(=O)(=O)c2cc(Cl)cc(Cl)c2)C(=O)O)CC1. The van der Waals surface area contributed by atoms with Crippen molar-refractivity contribution in [3.8, 4) is 0 Å². The zero-order valence-corrected chi connectivity index (χ0v) is 23.2. The first kappa shape index (κ1) is 29.4. The predicted molar refractivity (Wildman–Crippen MR) is 139 cm³/mol. The van der Waals surface area contributed by atoms with Crippen LogP contribution in [0, 0.1) is 5.92 Å². The summed E-state index contributed by atoms with van der Waals surface area (Å²) in [6.07, 6.45) is 2.35. The molecule has 3 amide bonds. The van der Waals surface area contributed by atoms with Crippen LogP contribution in [0.2, 0.25) is 10.0 Å². The van der Waals surface area contributed by atoms with Gasteiger partial charge in [0.2, 0.25) is 15.9 Å². The molecule has 0 unspecified atom stereocenters. The molecule has 1 aromatic rings. The smallest absolute Gasteiger partial charge is 0.328 e. The summed E-state index contributed by atoms with van der Waals surface area (Å²) in [6, 6.07) is 0.967. The average Bonchev–Trinajstić information content (AvgIpc) is 3.32. The van der Waals surface area contributed by atoms with Gasteiger partial charge in [0.05, 0.1) is 11.4 Å². The highest BCUT2D eigenvalue weighted by Gasteiger charge is 2.41. The number of nitrogens with one attached hydrogen (secondary N) is 2. The molecule has 14 heteroatoms. The summed E-state index contributed by atoms with van der Waals surface area (Å²) in [5, 5.41) is 14.9. The largest absolute Gasteiger partial charge is 0.480 e. The van der Waals surface area contributed by atoms with Crippen molar-refractivity contribution in [2.75, 3.05) is 46.8 Å². The van der Waals surface area contributed by atoms with E-state index in [0.29, 0.717) is 25.4 Å². The van der Waals surface area contributed by atoms with Gasteiger partial charge in [-0.1, -0.05) is 23.2 Å². The van der Waals surface area contributed by atoms with Gasteiger partial charge in [-0.3, -0.25) is 4.79 Å². The summed E-state index contributed by atoms with van der Waals surface area (Å²) in [7, 11) is -0.0967. The van der Waals surface area contributed by atoms with E-state index < -0.39 is 40.0 Å². The second-order valence-corrected chi connectivity index (χ2v) is 12.4. The first-order valence-corrected chi connectivity index (χ1v) is 14.3. The van der Waals surface area contributed by atoms with Crippen molar-refractivity contribution >= 4 is 51.1 Å². The summed E-state index contributed by atoms with van der Waals surface area (Å²) < 4.78 is 27.4. The number of carboxylic acids is 1. The van der Waals surface area contributed by atoms with Crippen LogP contribution in [0.3, 0.4) is 0 Å². The molecule has 2 fully saturated rings. The number of carboxylic acid groups (broad SMARTS) is 1. The van der Waals surface area contributed by atoms with E-state index in [0.717, 1.165) is 23.7 Å². The van der Waals surface area contributed by atoms with Crippen LogP contribution in [-0.2, 0) is 19.6 Å². The minimum atomic E-state index is -4.11. The number of nitrogens with zero attached hydrogens (tertiary/aromatic N) is 3. The fourth-order valence-electron chi connectivity index (χ4n) is 4.71. The zero-order valence-electron chi connectivity index (χ0n) is 20.8. The third-order valence-electron chi connectivity index (χ3n) is 6.55. The Morgan fingerprint density at radius 3 is 2.27 bits per heavy atom. The van der Waals surface area contributed by atoms with E-state index in [-0.39, 0.29) is 34.5 Å². The molecule has 2 aliphatic rings. The van der Waals surface area contributed by atoms with Crippen molar-refractivity contribution in [1.29, 1.82) is 0 Å². The summed E-state index contributed by atoms with van der Waals surface area (Å²) >= 11 is 11.9. The second kappa shape index (κ2) is 12.6. The highest BCUT2D eigenvalue weighted by Crippen LogP contribution is 2.30. The number of hydrogen-bond donors (Lipinski definition) is 3. The normalized spacial score (nSPS) is 20.1. The molecule has 0 aliphatic carbocycles. The van der Waals surface area contributed by atoms with Crippen molar-refractivity contribution in [3.05, 3.63) is 28.2 Å². The van der Waals surface area contributed by atoms with Gasteiger partial charge in [-0.25, -0.2) is 18.0 Å². The van der Waals surface area contributed by atoms with Crippen LogP contribution in [0.5, 0.6) is 0 Å². The number of halogens is 2. The summed E-state index contributed by atoms with van der Waals surface area (Å²) in [5.41, 5.74) is 0. The van der Waals surface area contributed by atoms with Crippen LogP contribution in [0.4, 0.5) is 4.79 Å². The maximum atomic E-state index is 13.2. The van der Waals surface area contributed by atoms with E-state index in [1.165, 1.54) is 18.2 Å². The van der Waals surface area contributed by atoms with Gasteiger partial charge >= 0.3 is 12.0 Å². The van der Waals surface area contributed by atoms with Gasteiger partial charge in [0.15, 0.2) is 0 Å². The molecule has 2 atom stereocenters. The van der Waals surface area contributed by atoms with Crippen molar-refractivity contribution in [1.82, 2.24) is 24.7 Å². The Kier molecular flexibility index (Phi) is 10.0. The fourth-order valence-corrected chi connectivity index (χ4v) is 7.09. The van der Waals surface area contributed by atoms with Crippen LogP contribution >= 0.6 is 23.2 Å². The number of carbonyl (C=O) groups excluding carboxylic acids is 2. The Balaban J connectivity index is 1.59. The molecule has 11 nitrogen and oxygen atoms in total. The zero-order chi connectivity index (χ0) is 27.3. The number of benzene rings is 1. The highest BCUT2D eigenvalue weighted by atomic mass is 35.5. The lowest BCUT2D eigenvalue weighted by atomic mass is 9.97.